The van der Waals surface area contributed by atoms with Crippen molar-refractivity contribution in [2.75, 3.05) is 5.32 Å². The van der Waals surface area contributed by atoms with Crippen LogP contribution in [0.15, 0.2) is 34.9 Å². The Balaban J connectivity index is 2.30. The minimum atomic E-state index is -0.437. The largest absolute Gasteiger partial charge is 0.322 e. The first-order valence-electron chi connectivity index (χ1n) is 5.36. The average molecular weight is 344 g/mol. The topological polar surface area (TPSA) is 42.0 Å². The second-order valence-corrected chi connectivity index (χ2v) is 5.18. The normalized spacial score (nSPS) is 10.3. The predicted octanol–water partition coefficient (Wildman–Crippen LogP) is 4.20. The zero-order valence-electron chi connectivity index (χ0n) is 9.88. The number of hydrogen-bond acceptors (Lipinski definition) is 2. The second-order valence-electron chi connectivity index (χ2n) is 3.91. The van der Waals surface area contributed by atoms with E-state index in [-0.39, 0.29) is 10.7 Å². The predicted molar refractivity (Wildman–Crippen MR) is 76.0 cm³/mol. The van der Waals surface area contributed by atoms with E-state index in [2.05, 4.69) is 26.2 Å². The number of halogens is 3. The molecule has 0 spiro atoms. The maximum atomic E-state index is 13.1. The van der Waals surface area contributed by atoms with Gasteiger partial charge in [0.15, 0.2) is 0 Å². The summed E-state index contributed by atoms with van der Waals surface area (Å²) >= 11 is 9.08. The molecule has 19 heavy (non-hydrogen) atoms. The molecule has 0 fully saturated rings. The zero-order chi connectivity index (χ0) is 14.0. The highest BCUT2D eigenvalue weighted by Crippen LogP contribution is 2.21. The van der Waals surface area contributed by atoms with Gasteiger partial charge in [0.1, 0.15) is 11.0 Å². The van der Waals surface area contributed by atoms with Crippen molar-refractivity contribution in [2.24, 2.45) is 0 Å². The molecule has 98 valence electrons. The first-order valence-corrected chi connectivity index (χ1v) is 6.53. The van der Waals surface area contributed by atoms with Crippen LogP contribution in [-0.2, 0) is 0 Å². The van der Waals surface area contributed by atoms with Crippen molar-refractivity contribution in [3.8, 4) is 0 Å². The lowest BCUT2D eigenvalue weighted by Gasteiger charge is -2.09. The first kappa shape index (κ1) is 14.0. The van der Waals surface area contributed by atoms with E-state index < -0.39 is 11.7 Å². The highest BCUT2D eigenvalue weighted by atomic mass is 79.9. The van der Waals surface area contributed by atoms with Crippen molar-refractivity contribution in [3.05, 3.63) is 57.0 Å². The third-order valence-corrected chi connectivity index (χ3v) is 3.23. The van der Waals surface area contributed by atoms with E-state index in [1.54, 1.807) is 19.1 Å². The number of hydrogen-bond donors (Lipinski definition) is 1. The average Bonchev–Trinajstić information content (AvgIpc) is 2.36. The Hall–Kier alpha value is -1.46. The fourth-order valence-electron chi connectivity index (χ4n) is 1.50. The summed E-state index contributed by atoms with van der Waals surface area (Å²) in [6, 6.07) is 5.73. The summed E-state index contributed by atoms with van der Waals surface area (Å²) in [6.45, 7) is 1.77. The van der Waals surface area contributed by atoms with E-state index in [4.69, 9.17) is 11.6 Å². The van der Waals surface area contributed by atoms with Gasteiger partial charge in [0.25, 0.3) is 5.91 Å². The molecule has 1 heterocycles. The van der Waals surface area contributed by atoms with Gasteiger partial charge in [0.05, 0.1) is 5.56 Å². The molecule has 1 amide bonds. The van der Waals surface area contributed by atoms with Crippen LogP contribution in [0.1, 0.15) is 15.9 Å². The summed E-state index contributed by atoms with van der Waals surface area (Å²) in [5.41, 5.74) is 1.38. The molecule has 0 saturated heterocycles. The van der Waals surface area contributed by atoms with E-state index in [0.29, 0.717) is 10.2 Å². The fraction of sp³-hybridized carbons (Fsp3) is 0.0769. The summed E-state index contributed by atoms with van der Waals surface area (Å²) in [5, 5.41) is 2.70. The third-order valence-electron chi connectivity index (χ3n) is 2.50. The van der Waals surface area contributed by atoms with Gasteiger partial charge in [-0.25, -0.2) is 9.37 Å². The Bertz CT molecular complexity index is 649. The number of aryl methyl sites for hydroxylation is 1. The molecule has 0 aliphatic rings. The van der Waals surface area contributed by atoms with Gasteiger partial charge in [-0.2, -0.15) is 0 Å². The molecule has 6 heteroatoms. The van der Waals surface area contributed by atoms with Gasteiger partial charge in [-0.15, -0.1) is 0 Å². The van der Waals surface area contributed by atoms with E-state index >= 15 is 0 Å². The van der Waals surface area contributed by atoms with Gasteiger partial charge >= 0.3 is 0 Å². The summed E-state index contributed by atoms with van der Waals surface area (Å²) < 4.78 is 13.8. The van der Waals surface area contributed by atoms with Gasteiger partial charge in [-0.3, -0.25) is 4.79 Å². The van der Waals surface area contributed by atoms with Crippen LogP contribution in [0.4, 0.5) is 10.1 Å². The number of rotatable bonds is 2. The van der Waals surface area contributed by atoms with E-state index in [1.165, 1.54) is 18.3 Å². The lowest BCUT2D eigenvalue weighted by Crippen LogP contribution is -2.14. The maximum absolute atomic E-state index is 13.1. The van der Waals surface area contributed by atoms with Crippen LogP contribution >= 0.6 is 27.5 Å². The van der Waals surface area contributed by atoms with Crippen LogP contribution in [0.25, 0.3) is 0 Å². The first-order chi connectivity index (χ1) is 8.97. The highest BCUT2D eigenvalue weighted by molar-refractivity contribution is 9.10. The van der Waals surface area contributed by atoms with Crippen molar-refractivity contribution in [1.29, 1.82) is 0 Å². The third kappa shape index (κ3) is 3.30. The van der Waals surface area contributed by atoms with Crippen LogP contribution in [0, 0.1) is 12.7 Å². The lowest BCUT2D eigenvalue weighted by atomic mass is 10.2. The van der Waals surface area contributed by atoms with Crippen molar-refractivity contribution in [2.45, 2.75) is 6.92 Å². The van der Waals surface area contributed by atoms with Crippen LogP contribution in [-0.4, -0.2) is 10.9 Å². The molecule has 0 aliphatic carbocycles. The molecular weight excluding hydrogens is 335 g/mol. The number of aromatic nitrogens is 1. The molecular formula is C13H9BrClFN2O. The number of amides is 1. The Morgan fingerprint density at radius 2 is 2.16 bits per heavy atom. The molecule has 3 nitrogen and oxygen atoms in total. The van der Waals surface area contributed by atoms with Crippen molar-refractivity contribution >= 4 is 39.1 Å². The van der Waals surface area contributed by atoms with E-state index in [1.807, 2.05) is 0 Å². The molecule has 2 rings (SSSR count). The second kappa shape index (κ2) is 5.67. The SMILES string of the molecule is Cc1ccc(F)cc1NC(=O)c1cc(Br)cnc1Cl. The number of benzene rings is 1. The monoisotopic (exact) mass is 342 g/mol. The summed E-state index contributed by atoms with van der Waals surface area (Å²) in [6.07, 6.45) is 1.49. The Morgan fingerprint density at radius 1 is 1.42 bits per heavy atom. The van der Waals surface area contributed by atoms with Gasteiger partial charge < -0.3 is 5.32 Å². The quantitative estimate of drug-likeness (QED) is 0.831. The molecule has 0 aliphatic heterocycles. The Morgan fingerprint density at radius 3 is 2.89 bits per heavy atom. The number of pyridine rings is 1. The molecule has 0 bridgehead atoms. The van der Waals surface area contributed by atoms with Crippen molar-refractivity contribution in [1.82, 2.24) is 4.98 Å². The minimum absolute atomic E-state index is 0.0924. The van der Waals surface area contributed by atoms with Gasteiger partial charge in [-0.05, 0) is 46.6 Å². The molecule has 0 unspecified atom stereocenters. The van der Waals surface area contributed by atoms with Crippen LogP contribution in [0.3, 0.4) is 0 Å². The van der Waals surface area contributed by atoms with Gasteiger partial charge in [0, 0.05) is 16.4 Å². The number of nitrogens with zero attached hydrogens (tertiary/aromatic N) is 1. The number of anilines is 1. The summed E-state index contributed by atoms with van der Waals surface area (Å²) in [7, 11) is 0. The molecule has 0 atom stereocenters. The van der Waals surface area contributed by atoms with Gasteiger partial charge in [0.2, 0.25) is 0 Å². The van der Waals surface area contributed by atoms with Crippen LogP contribution in [0.2, 0.25) is 5.15 Å². The van der Waals surface area contributed by atoms with Gasteiger partial charge in [-0.1, -0.05) is 17.7 Å². The van der Waals surface area contributed by atoms with Crippen molar-refractivity contribution < 1.29 is 9.18 Å². The number of carbonyl (C=O) groups is 1. The van der Waals surface area contributed by atoms with Crippen LogP contribution in [0.5, 0.6) is 0 Å². The number of nitrogens with one attached hydrogen (secondary N) is 1. The standard InChI is InChI=1S/C13H9BrClFN2O/c1-7-2-3-9(16)5-11(7)18-13(19)10-4-8(14)6-17-12(10)15/h2-6H,1H3,(H,18,19). The maximum Gasteiger partial charge on any atom is 0.258 e. The minimum Gasteiger partial charge on any atom is -0.322 e. The van der Waals surface area contributed by atoms with Crippen molar-refractivity contribution in [3.63, 3.8) is 0 Å². The molecule has 1 N–H and O–H groups in total. The zero-order valence-corrected chi connectivity index (χ0v) is 12.2. The molecule has 1 aromatic carbocycles. The Labute approximate surface area is 122 Å². The molecule has 2 aromatic rings. The van der Waals surface area contributed by atoms with E-state index in [0.717, 1.165) is 5.56 Å². The molecule has 0 radical (unpaired) electrons. The Kier molecular flexibility index (Phi) is 4.17. The van der Waals surface area contributed by atoms with E-state index in [9.17, 15) is 9.18 Å². The highest BCUT2D eigenvalue weighted by Gasteiger charge is 2.13. The molecule has 0 saturated carbocycles. The molecule has 1 aromatic heterocycles. The fourth-order valence-corrected chi connectivity index (χ4v) is 2.02. The lowest BCUT2D eigenvalue weighted by molar-refractivity contribution is 0.102. The summed E-state index contributed by atoms with van der Waals surface area (Å²) in [5.74, 6) is -0.855. The smallest absolute Gasteiger partial charge is 0.258 e. The van der Waals surface area contributed by atoms with Crippen LogP contribution < -0.4 is 5.32 Å². The number of carbonyl (C=O) groups excluding carboxylic acids is 1. The summed E-state index contributed by atoms with van der Waals surface area (Å²) in [4.78, 5) is 15.9.